The van der Waals surface area contributed by atoms with Crippen LogP contribution >= 0.6 is 0 Å². The van der Waals surface area contributed by atoms with Crippen LogP contribution in [0.5, 0.6) is 23.0 Å². The van der Waals surface area contributed by atoms with Gasteiger partial charge in [0, 0.05) is 0 Å². The smallest absolute Gasteiger partial charge is 1.00 e. The molecule has 42 heavy (non-hydrogen) atoms. The number of hydrogen-bond donors (Lipinski definition) is 2. The number of aliphatic imine (C=N–C) groups is 2. The van der Waals surface area contributed by atoms with Crippen molar-refractivity contribution in [3.63, 3.8) is 0 Å². The normalized spacial score (nSPS) is 17.8. The van der Waals surface area contributed by atoms with Crippen molar-refractivity contribution in [2.75, 3.05) is 39.3 Å². The molecule has 2 aromatic rings. The molecule has 8 nitrogen and oxygen atoms in total. The fourth-order valence-electron chi connectivity index (χ4n) is 4.26. The fourth-order valence-corrected chi connectivity index (χ4v) is 5.82. The van der Waals surface area contributed by atoms with Crippen LogP contribution in [0.2, 0.25) is 0 Å². The number of nitrogens with zero attached hydrogens (tertiary/aromatic N) is 2. The van der Waals surface area contributed by atoms with E-state index in [1.807, 2.05) is 76.5 Å². The topological polar surface area (TPSA) is 85.7 Å². The van der Waals surface area contributed by atoms with Crippen LogP contribution in [0.1, 0.15) is 66.5 Å². The quantitative estimate of drug-likeness (QED) is 0.370. The van der Waals surface area contributed by atoms with E-state index < -0.39 is 18.1 Å². The van der Waals surface area contributed by atoms with Crippen LogP contribution in [-0.4, -0.2) is 82.0 Å². The van der Waals surface area contributed by atoms with Gasteiger partial charge in [-0.25, -0.2) is 0 Å². The monoisotopic (exact) mass is 746 g/mol. The Labute approximate surface area is 278 Å². The molecule has 3 rings (SSSR count). The van der Waals surface area contributed by atoms with Gasteiger partial charge in [0.05, 0.1) is 0 Å². The summed E-state index contributed by atoms with van der Waals surface area (Å²) < 4.78 is 25.1. The zero-order chi connectivity index (χ0) is 29.9. The first-order valence-corrected chi connectivity index (χ1v) is 16.6. The second-order valence-electron chi connectivity index (χ2n) is 12.6. The first-order valence-electron chi connectivity index (χ1n) is 14.6. The van der Waals surface area contributed by atoms with Gasteiger partial charge in [-0.3, -0.25) is 0 Å². The van der Waals surface area contributed by atoms with Crippen molar-refractivity contribution in [1.82, 2.24) is 10.6 Å². The second-order valence-corrected chi connectivity index (χ2v) is 14.0. The molecule has 0 fully saturated rings. The summed E-state index contributed by atoms with van der Waals surface area (Å²) in [4.78, 5) is 9.63. The molecule has 0 atom stereocenters. The molecule has 0 saturated carbocycles. The van der Waals surface area contributed by atoms with Crippen LogP contribution in [0.25, 0.3) is 0 Å². The van der Waals surface area contributed by atoms with Gasteiger partial charge in [0.25, 0.3) is 0 Å². The van der Waals surface area contributed by atoms with Crippen LogP contribution in [0.3, 0.4) is 0 Å². The maximum atomic E-state index is 6.42. The van der Waals surface area contributed by atoms with E-state index in [2.05, 4.69) is 38.3 Å². The molecule has 1 aliphatic heterocycles. The van der Waals surface area contributed by atoms with Crippen molar-refractivity contribution in [2.45, 2.75) is 67.6 Å². The Morgan fingerprint density at radius 2 is 1.12 bits per heavy atom. The summed E-state index contributed by atoms with van der Waals surface area (Å²) in [7, 11) is 0. The van der Waals surface area contributed by atoms with Crippen molar-refractivity contribution in [1.29, 1.82) is 0 Å². The van der Waals surface area contributed by atoms with Crippen molar-refractivity contribution in [2.24, 2.45) is 20.8 Å². The molecule has 2 aromatic carbocycles. The van der Waals surface area contributed by atoms with Gasteiger partial charge in [-0.05, 0) is 0 Å². The third kappa shape index (κ3) is 12.5. The van der Waals surface area contributed by atoms with Crippen molar-refractivity contribution < 1.29 is 40.5 Å². The fraction of sp³-hybridized carbons (Fsp3) is 0.562. The summed E-state index contributed by atoms with van der Waals surface area (Å²) >= 11 is -1.74. The predicted molar refractivity (Wildman–Crippen MR) is 170 cm³/mol. The van der Waals surface area contributed by atoms with Gasteiger partial charge in [-0.2, -0.15) is 0 Å². The van der Waals surface area contributed by atoms with E-state index in [1.165, 1.54) is 0 Å². The number of halogens is 1. The summed E-state index contributed by atoms with van der Waals surface area (Å²) in [6.07, 6.45) is 3.79. The Balaban J connectivity index is 0.00000616. The van der Waals surface area contributed by atoms with Crippen LogP contribution in [0.15, 0.2) is 46.4 Å². The number of hydrogen-bond acceptors (Lipinski definition) is 8. The minimum atomic E-state index is -1.74. The zero-order valence-corrected chi connectivity index (χ0v) is 31.1. The second kappa shape index (κ2) is 17.5. The molecule has 231 valence electrons. The molecule has 0 amide bonds. The van der Waals surface area contributed by atoms with Crippen LogP contribution < -0.4 is 51.1 Å². The van der Waals surface area contributed by atoms with Crippen LogP contribution in [-0.2, 0) is 0 Å². The van der Waals surface area contributed by atoms with Gasteiger partial charge in [0.2, 0.25) is 0 Å². The average Bonchev–Trinajstić information content (AvgIpc) is 2.87. The summed E-state index contributed by atoms with van der Waals surface area (Å²) in [6, 6.07) is 11.8. The number of rotatable bonds is 4. The van der Waals surface area contributed by atoms with E-state index in [0.29, 0.717) is 36.1 Å². The number of ether oxygens (including phenoxy) is 2. The molecule has 0 spiro atoms. The van der Waals surface area contributed by atoms with Crippen molar-refractivity contribution in [3.8, 4) is 23.0 Å². The summed E-state index contributed by atoms with van der Waals surface area (Å²) in [6.45, 7) is 21.9. The van der Waals surface area contributed by atoms with Gasteiger partial charge in [-0.1, -0.05) is 0 Å². The molecular formula is C32H48GaIN4O4-. The molecule has 0 bridgehead atoms. The Kier molecular flexibility index (Phi) is 15.2. The van der Waals surface area contributed by atoms with Crippen molar-refractivity contribution in [3.05, 3.63) is 47.5 Å². The molecule has 2 N–H and O–H groups in total. The number of fused-ring (bicyclic) bond motifs is 2. The molecule has 1 heterocycles. The minimum absolute atomic E-state index is 0. The van der Waals surface area contributed by atoms with Gasteiger partial charge in [0.15, 0.2) is 0 Å². The van der Waals surface area contributed by atoms with E-state index in [9.17, 15) is 0 Å². The third-order valence-corrected chi connectivity index (χ3v) is 7.65. The van der Waals surface area contributed by atoms with Crippen molar-refractivity contribution >= 4 is 30.6 Å². The SMILES string of the molecule is CC(C)Oc1cccc2c1[O][67Ga][O]c1c(cccc1OC(C)C)C=NCC(C)(C)CNCCNCC(C)(C)CN=C2.[I-]. The maximum Gasteiger partial charge on any atom is -1.00 e. The summed E-state index contributed by atoms with van der Waals surface area (Å²) in [5, 5.41) is 7.16. The molecule has 0 aliphatic carbocycles. The summed E-state index contributed by atoms with van der Waals surface area (Å²) in [5.74, 6) is 2.70. The van der Waals surface area contributed by atoms with E-state index in [4.69, 9.17) is 26.5 Å². The number of nitrogens with one attached hydrogen (secondary N) is 2. The molecule has 1 aliphatic rings. The molecule has 0 aromatic heterocycles. The third-order valence-electron chi connectivity index (χ3n) is 6.26. The van der Waals surface area contributed by atoms with Gasteiger partial charge in [0.1, 0.15) is 0 Å². The largest absolute Gasteiger partial charge is 1.00 e. The van der Waals surface area contributed by atoms with E-state index in [0.717, 1.165) is 37.3 Å². The van der Waals surface area contributed by atoms with Gasteiger partial charge < -0.3 is 24.0 Å². The minimum Gasteiger partial charge on any atom is -1.00 e. The Hall–Kier alpha value is -1.73. The average molecular weight is 747 g/mol. The first-order chi connectivity index (χ1) is 19.5. The predicted octanol–water partition coefficient (Wildman–Crippen LogP) is 2.34. The number of para-hydroxylation sites is 2. The van der Waals surface area contributed by atoms with Crippen LogP contribution in [0.4, 0.5) is 0 Å². The maximum absolute atomic E-state index is 6.42. The Morgan fingerprint density at radius 3 is 1.50 bits per heavy atom. The van der Waals surface area contributed by atoms with Crippen LogP contribution in [0, 0.1) is 10.8 Å². The van der Waals surface area contributed by atoms with Gasteiger partial charge >= 0.3 is 256 Å². The number of benzene rings is 2. The molecule has 10 heteroatoms. The van der Waals surface area contributed by atoms with E-state index in [1.54, 1.807) is 0 Å². The van der Waals surface area contributed by atoms with E-state index in [-0.39, 0.29) is 47.0 Å². The molecule has 0 saturated heterocycles. The zero-order valence-electron chi connectivity index (χ0n) is 26.5. The van der Waals surface area contributed by atoms with Gasteiger partial charge in [-0.15, -0.1) is 0 Å². The summed E-state index contributed by atoms with van der Waals surface area (Å²) in [5.41, 5.74) is 1.76. The molecule has 0 unspecified atom stereocenters. The molecule has 1 radical (unpaired) electrons. The standard InChI is InChI=1S/C32H50N4O4.Ga.HI/c1-23(2)39-27-13-9-11-25(29(27)37)17-35-21-31(5,6)19-33-15-16-34-20-32(7,8)22-36-18-26-12-10-14-28(30(26)38)40-24(3)4;;/h9-14,17-18,23-24,33-34,37-38H,15-16,19-22H2,1-8H3;;1H/q;+2;/p-3/i;1-3;. The van der Waals surface area contributed by atoms with E-state index >= 15 is 0 Å². The Bertz CT molecular complexity index is 1080. The Morgan fingerprint density at radius 1 is 0.714 bits per heavy atom. The molecular weight excluding hydrogens is 698 g/mol. The first kappa shape index (κ1) is 36.5.